The molecule has 2 saturated heterocycles. The van der Waals surface area contributed by atoms with Gasteiger partial charge >= 0.3 is 7.12 Å². The van der Waals surface area contributed by atoms with Gasteiger partial charge in [-0.2, -0.15) is 0 Å². The average Bonchev–Trinajstić information content (AvgIpc) is 4.29. The summed E-state index contributed by atoms with van der Waals surface area (Å²) >= 11 is 15.5. The summed E-state index contributed by atoms with van der Waals surface area (Å²) < 4.78 is 16.4. The predicted octanol–water partition coefficient (Wildman–Crippen LogP) is 13.2. The molecular weight excluding hydrogens is 1130 g/mol. The molecule has 2 aliphatic heterocycles. The van der Waals surface area contributed by atoms with E-state index in [9.17, 15) is 9.59 Å². The highest BCUT2D eigenvalue weighted by Crippen LogP contribution is 2.33. The van der Waals surface area contributed by atoms with Gasteiger partial charge in [-0.05, 0) is 128 Å². The number of imidazole rings is 2. The Morgan fingerprint density at radius 1 is 0.610 bits per heavy atom. The summed E-state index contributed by atoms with van der Waals surface area (Å²) in [7, 11) is 2.01. The molecule has 0 bridgehead atoms. The quantitative estimate of drug-likeness (QED) is 0.0569. The second kappa shape index (κ2) is 31.2. The number of methoxy groups -OCH3 is 2. The number of hydrogen-bond donors (Lipinski definition) is 2. The third kappa shape index (κ3) is 17.1. The minimum atomic E-state index is -1.48. The maximum Gasteiger partial charge on any atom is 0.489 e. The number of aromatic nitrogens is 4. The van der Waals surface area contributed by atoms with Crippen LogP contribution in [0.3, 0.4) is 0 Å². The Kier molecular flexibility index (Phi) is 23.7. The van der Waals surface area contributed by atoms with Crippen LogP contribution in [0.25, 0.3) is 33.2 Å². The number of likely N-dealkylation sites (tertiary alicyclic amines) is 2. The van der Waals surface area contributed by atoms with E-state index in [-0.39, 0.29) is 29.6 Å². The highest BCUT2D eigenvalue weighted by atomic mass is 79.9. The molecule has 0 aliphatic carbocycles. The van der Waals surface area contributed by atoms with Gasteiger partial charge in [0.2, 0.25) is 11.8 Å². The maximum atomic E-state index is 13.4. The van der Waals surface area contributed by atoms with Crippen LogP contribution in [0.2, 0.25) is 10.0 Å². The molecule has 4 heterocycles. The van der Waals surface area contributed by atoms with Gasteiger partial charge in [0.05, 0.1) is 22.1 Å². The van der Waals surface area contributed by atoms with E-state index in [1.807, 2.05) is 36.4 Å². The minimum Gasteiger partial charge on any atom is -0.423 e. The third-order valence-corrected chi connectivity index (χ3v) is 16.8. The zero-order valence-corrected chi connectivity index (χ0v) is 50.9. The molecule has 82 heavy (non-hydrogen) atoms. The van der Waals surface area contributed by atoms with Gasteiger partial charge in [-0.3, -0.25) is 9.59 Å². The van der Waals surface area contributed by atoms with E-state index >= 15 is 0 Å². The van der Waals surface area contributed by atoms with Crippen LogP contribution in [0.4, 0.5) is 0 Å². The lowest BCUT2D eigenvalue weighted by Gasteiger charge is -2.33. The van der Waals surface area contributed by atoms with Crippen LogP contribution in [0.15, 0.2) is 150 Å². The van der Waals surface area contributed by atoms with Crippen molar-refractivity contribution in [3.63, 3.8) is 0 Å². The molecule has 2 aromatic heterocycles. The number of fused-ring (bicyclic) bond motifs is 2. The summed E-state index contributed by atoms with van der Waals surface area (Å²) in [4.78, 5) is 40.8. The Morgan fingerprint density at radius 3 is 1.50 bits per heavy atom. The molecule has 16 heteroatoms. The molecule has 0 unspecified atom stereocenters. The van der Waals surface area contributed by atoms with Gasteiger partial charge in [-0.1, -0.05) is 150 Å². The Bertz CT molecular complexity index is 3300. The van der Waals surface area contributed by atoms with E-state index in [2.05, 4.69) is 134 Å². The maximum absolute atomic E-state index is 13.4. The molecular formula is C66H78BBrCl2N6O6. The number of amides is 2. The van der Waals surface area contributed by atoms with Crippen LogP contribution in [-0.4, -0.2) is 111 Å². The summed E-state index contributed by atoms with van der Waals surface area (Å²) in [5.74, 6) is 3.86. The fourth-order valence-electron chi connectivity index (χ4n) is 11.5. The topological polar surface area (TPSA) is 135 Å². The van der Waals surface area contributed by atoms with Crippen molar-refractivity contribution in [3.05, 3.63) is 183 Å². The van der Waals surface area contributed by atoms with Crippen LogP contribution in [0.5, 0.6) is 0 Å². The van der Waals surface area contributed by atoms with Crippen molar-refractivity contribution in [1.82, 2.24) is 28.9 Å². The summed E-state index contributed by atoms with van der Waals surface area (Å²) in [6.45, 7) is 10.8. The molecule has 432 valence electrons. The predicted molar refractivity (Wildman–Crippen MR) is 337 cm³/mol. The second-order valence-electron chi connectivity index (χ2n) is 22.0. The standard InChI is InChI=1S/C33H38ClN3O2.C27H34BrN3O2.C6H6BClO2/c1-24(21-25-14-16-26(17-15-25)28-10-3-4-11-29(28)34)22-32(38)36-18-7-9-27(23-36)33-35-30-12-5-6-13-31(30)37(33)19-8-20-39-2;1-20(17-21-10-12-23(28)13-11-21)18-26(32)30-14-5-7-22(19-30)27-29-24-8-3-4-9-25(24)31(27)15-6-16-33-2;8-6-4-2-1-3-5(6)7(9)10/h3-6,10-17,24,27H,7-9,18-23H2,1-2H3;3-4,8-13,20,22H,5-7,14-19H2,1-2H3;1-4,9-10H/t24-,27-;20-,22-;/m11./s1. The monoisotopic (exact) mass is 1210 g/mol. The van der Waals surface area contributed by atoms with Crippen molar-refractivity contribution < 1.29 is 29.1 Å². The van der Waals surface area contributed by atoms with Gasteiger partial charge in [-0.15, -0.1) is 0 Å². The molecule has 6 aromatic carbocycles. The lowest BCUT2D eigenvalue weighted by molar-refractivity contribution is -0.134. The van der Waals surface area contributed by atoms with E-state index in [4.69, 9.17) is 52.7 Å². The fourth-order valence-corrected chi connectivity index (χ4v) is 12.2. The first kappa shape index (κ1) is 62.2. The number of nitrogens with zero attached hydrogens (tertiary/aromatic N) is 6. The molecule has 0 spiro atoms. The van der Waals surface area contributed by atoms with Crippen molar-refractivity contribution in [2.24, 2.45) is 11.8 Å². The number of piperidine rings is 2. The molecule has 10 rings (SSSR count). The second-order valence-corrected chi connectivity index (χ2v) is 23.7. The highest BCUT2D eigenvalue weighted by Gasteiger charge is 2.31. The molecule has 2 amide bonds. The van der Waals surface area contributed by atoms with Gasteiger partial charge in [0.25, 0.3) is 0 Å². The van der Waals surface area contributed by atoms with Crippen molar-refractivity contribution in [2.75, 3.05) is 53.6 Å². The number of ether oxygens (including phenoxy) is 2. The largest absolute Gasteiger partial charge is 0.489 e. The third-order valence-electron chi connectivity index (χ3n) is 15.6. The molecule has 2 N–H and O–H groups in total. The first-order valence-corrected chi connectivity index (χ1v) is 30.5. The Labute approximate surface area is 503 Å². The van der Waals surface area contributed by atoms with Gasteiger partial charge < -0.3 is 38.5 Å². The lowest BCUT2D eigenvalue weighted by atomic mass is 9.80. The number of halogens is 3. The van der Waals surface area contributed by atoms with Crippen LogP contribution < -0.4 is 5.46 Å². The molecule has 0 saturated carbocycles. The van der Waals surface area contributed by atoms with E-state index in [1.165, 1.54) is 22.2 Å². The van der Waals surface area contributed by atoms with Crippen LogP contribution in [0, 0.1) is 11.8 Å². The fraction of sp³-hybridized carbons (Fsp3) is 0.394. The zero-order chi connectivity index (χ0) is 58.0. The van der Waals surface area contributed by atoms with Gasteiger partial charge in [0.15, 0.2) is 0 Å². The lowest BCUT2D eigenvalue weighted by Crippen LogP contribution is -2.40. The first-order valence-electron chi connectivity index (χ1n) is 28.9. The van der Waals surface area contributed by atoms with Gasteiger partial charge in [0.1, 0.15) is 11.6 Å². The van der Waals surface area contributed by atoms with Gasteiger partial charge in [0, 0.05) is 117 Å². The minimum absolute atomic E-state index is 0.252. The Balaban J connectivity index is 0.000000185. The number of benzene rings is 6. The molecule has 4 atom stereocenters. The number of carbonyl (C=O) groups is 2. The molecule has 8 aromatic rings. The van der Waals surface area contributed by atoms with E-state index in [1.54, 1.807) is 38.5 Å². The van der Waals surface area contributed by atoms with Crippen molar-refractivity contribution >= 4 is 85.6 Å². The zero-order valence-electron chi connectivity index (χ0n) is 47.8. The molecule has 2 aliphatic rings. The van der Waals surface area contributed by atoms with Gasteiger partial charge in [-0.25, -0.2) is 9.97 Å². The van der Waals surface area contributed by atoms with Crippen molar-refractivity contribution in [2.45, 2.75) is 103 Å². The number of rotatable bonds is 20. The number of hydrogen-bond acceptors (Lipinski definition) is 8. The average molecular weight is 1210 g/mol. The summed E-state index contributed by atoms with van der Waals surface area (Å²) in [5, 5.41) is 18.5. The van der Waals surface area contributed by atoms with Crippen LogP contribution in [0.1, 0.15) is 99.8 Å². The molecule has 12 nitrogen and oxygen atoms in total. The van der Waals surface area contributed by atoms with E-state index in [0.29, 0.717) is 29.2 Å². The highest BCUT2D eigenvalue weighted by molar-refractivity contribution is 9.10. The van der Waals surface area contributed by atoms with Crippen molar-refractivity contribution in [3.8, 4) is 11.1 Å². The normalized spacial score (nSPS) is 16.0. The first-order chi connectivity index (χ1) is 39.8. The number of para-hydroxylation sites is 4. The van der Waals surface area contributed by atoms with E-state index < -0.39 is 7.12 Å². The van der Waals surface area contributed by atoms with Crippen LogP contribution >= 0.6 is 39.1 Å². The number of carbonyl (C=O) groups excluding carboxylic acids is 2. The van der Waals surface area contributed by atoms with Crippen molar-refractivity contribution in [1.29, 1.82) is 0 Å². The summed E-state index contributed by atoms with van der Waals surface area (Å²) in [6, 6.07) is 48.2. The summed E-state index contributed by atoms with van der Waals surface area (Å²) in [5.41, 5.74) is 9.42. The Morgan fingerprint density at radius 2 is 1.05 bits per heavy atom. The molecule has 0 radical (unpaired) electrons. The van der Waals surface area contributed by atoms with Crippen LogP contribution in [-0.2, 0) is 45.0 Å². The Hall–Kier alpha value is -5.84. The number of aryl methyl sites for hydroxylation is 2. The molecule has 2 fully saturated rings. The summed E-state index contributed by atoms with van der Waals surface area (Å²) in [6.07, 6.45) is 9.01. The SMILES string of the molecule is COCCCn1c([C@@H]2CCCN(C(=O)C[C@H](C)Cc3ccc(-c4ccccc4Cl)cc3)C2)nc2ccccc21.COCCCn1c([C@@H]2CCCN(C(=O)C[C@H](C)Cc3ccc(Br)cc3)C2)nc2ccccc21.OB(O)c1ccccc1Cl. The smallest absolute Gasteiger partial charge is 0.423 e. The van der Waals surface area contributed by atoms with E-state index in [0.717, 1.165) is 147 Å².